The monoisotopic (exact) mass is 319 g/mol. The van der Waals surface area contributed by atoms with E-state index in [9.17, 15) is 5.11 Å². The van der Waals surface area contributed by atoms with Crippen molar-refractivity contribution in [3.8, 4) is 0 Å². The number of anilines is 1. The minimum atomic E-state index is -0.413. The summed E-state index contributed by atoms with van der Waals surface area (Å²) in [7, 11) is 2.07. The summed E-state index contributed by atoms with van der Waals surface area (Å²) in [6, 6.07) is 16.3. The maximum Gasteiger partial charge on any atom is 0.0761 e. The Hall–Kier alpha value is -1.32. The minimum absolute atomic E-state index is 0.413. The number of hydrogen-bond donors (Lipinski definition) is 1. The van der Waals surface area contributed by atoms with Gasteiger partial charge in [-0.1, -0.05) is 40.2 Å². The number of hydrogen-bond acceptors (Lipinski definition) is 2. The van der Waals surface area contributed by atoms with E-state index in [4.69, 9.17) is 0 Å². The molecule has 2 aromatic rings. The molecule has 100 valence electrons. The largest absolute Gasteiger partial charge is 0.389 e. The van der Waals surface area contributed by atoms with E-state index in [1.165, 1.54) is 5.56 Å². The smallest absolute Gasteiger partial charge is 0.0761 e. The molecule has 0 saturated carbocycles. The fourth-order valence-corrected chi connectivity index (χ4v) is 2.45. The van der Waals surface area contributed by atoms with Crippen molar-refractivity contribution < 1.29 is 5.11 Å². The van der Waals surface area contributed by atoms with Crippen LogP contribution in [0.3, 0.4) is 0 Å². The van der Waals surface area contributed by atoms with E-state index in [1.54, 1.807) is 6.92 Å². The summed E-state index contributed by atoms with van der Waals surface area (Å²) < 4.78 is 1.10. The van der Waals surface area contributed by atoms with Crippen LogP contribution in [0.15, 0.2) is 53.0 Å². The van der Waals surface area contributed by atoms with Crippen molar-refractivity contribution in [2.45, 2.75) is 19.6 Å². The predicted octanol–water partition coefficient (Wildman–Crippen LogP) is 4.14. The molecule has 2 aromatic carbocycles. The van der Waals surface area contributed by atoms with Gasteiger partial charge in [0.15, 0.2) is 0 Å². The topological polar surface area (TPSA) is 23.5 Å². The van der Waals surface area contributed by atoms with Gasteiger partial charge in [-0.2, -0.15) is 0 Å². The fraction of sp³-hybridized carbons (Fsp3) is 0.250. The third kappa shape index (κ3) is 3.82. The van der Waals surface area contributed by atoms with Gasteiger partial charge in [-0.15, -0.1) is 0 Å². The average Bonchev–Trinajstić information content (AvgIpc) is 2.39. The van der Waals surface area contributed by atoms with Gasteiger partial charge in [0.1, 0.15) is 0 Å². The van der Waals surface area contributed by atoms with Crippen LogP contribution in [0.1, 0.15) is 24.2 Å². The van der Waals surface area contributed by atoms with Crippen molar-refractivity contribution in [2.24, 2.45) is 0 Å². The summed E-state index contributed by atoms with van der Waals surface area (Å²) in [5, 5.41) is 9.50. The number of aliphatic hydroxyl groups is 1. The highest BCUT2D eigenvalue weighted by Gasteiger charge is 2.04. The molecule has 0 bridgehead atoms. The number of aliphatic hydroxyl groups excluding tert-OH is 1. The van der Waals surface area contributed by atoms with Gasteiger partial charge in [0.2, 0.25) is 0 Å². The van der Waals surface area contributed by atoms with E-state index < -0.39 is 6.10 Å². The van der Waals surface area contributed by atoms with Gasteiger partial charge in [-0.3, -0.25) is 0 Å². The number of halogens is 1. The van der Waals surface area contributed by atoms with E-state index in [2.05, 4.69) is 40.0 Å². The van der Waals surface area contributed by atoms with Crippen LogP contribution in [0.4, 0.5) is 5.69 Å². The van der Waals surface area contributed by atoms with Gasteiger partial charge in [-0.05, 0) is 42.3 Å². The maximum absolute atomic E-state index is 9.50. The first-order chi connectivity index (χ1) is 9.06. The van der Waals surface area contributed by atoms with Crippen LogP contribution in [-0.2, 0) is 6.54 Å². The lowest BCUT2D eigenvalue weighted by Gasteiger charge is -2.20. The first-order valence-corrected chi connectivity index (χ1v) is 7.09. The number of nitrogens with zero attached hydrogens (tertiary/aromatic N) is 1. The van der Waals surface area contributed by atoms with Crippen molar-refractivity contribution in [1.29, 1.82) is 0 Å². The van der Waals surface area contributed by atoms with Gasteiger partial charge in [0.05, 0.1) is 6.10 Å². The second-order valence-corrected chi connectivity index (χ2v) is 5.67. The summed E-state index contributed by atoms with van der Waals surface area (Å²) in [5.41, 5.74) is 3.35. The van der Waals surface area contributed by atoms with Crippen LogP contribution in [-0.4, -0.2) is 12.2 Å². The quantitative estimate of drug-likeness (QED) is 0.915. The van der Waals surface area contributed by atoms with Crippen LogP contribution >= 0.6 is 15.9 Å². The van der Waals surface area contributed by atoms with E-state index in [0.717, 1.165) is 22.3 Å². The second kappa shape index (κ2) is 6.22. The van der Waals surface area contributed by atoms with Gasteiger partial charge in [0, 0.05) is 23.8 Å². The molecule has 0 saturated heterocycles. The van der Waals surface area contributed by atoms with Crippen LogP contribution < -0.4 is 4.90 Å². The number of benzene rings is 2. The third-order valence-electron chi connectivity index (χ3n) is 3.13. The molecule has 0 heterocycles. The van der Waals surface area contributed by atoms with Crippen molar-refractivity contribution in [2.75, 3.05) is 11.9 Å². The van der Waals surface area contributed by atoms with E-state index in [1.807, 2.05) is 36.4 Å². The zero-order chi connectivity index (χ0) is 13.8. The molecule has 0 amide bonds. The van der Waals surface area contributed by atoms with Gasteiger partial charge in [-0.25, -0.2) is 0 Å². The Morgan fingerprint density at radius 1 is 1.16 bits per heavy atom. The highest BCUT2D eigenvalue weighted by atomic mass is 79.9. The molecular weight excluding hydrogens is 302 g/mol. The lowest BCUT2D eigenvalue weighted by Crippen LogP contribution is -2.16. The summed E-state index contributed by atoms with van der Waals surface area (Å²) in [6.45, 7) is 2.63. The van der Waals surface area contributed by atoms with E-state index in [0.29, 0.717) is 0 Å². The molecule has 0 fully saturated rings. The summed E-state index contributed by atoms with van der Waals surface area (Å²) >= 11 is 3.49. The molecule has 2 nitrogen and oxygen atoms in total. The highest BCUT2D eigenvalue weighted by Crippen LogP contribution is 2.20. The lowest BCUT2D eigenvalue weighted by molar-refractivity contribution is 0.199. The maximum atomic E-state index is 9.50. The Labute approximate surface area is 122 Å². The molecule has 0 unspecified atom stereocenters. The molecule has 2 rings (SSSR count). The van der Waals surface area contributed by atoms with Crippen molar-refractivity contribution in [1.82, 2.24) is 0 Å². The van der Waals surface area contributed by atoms with Gasteiger partial charge >= 0.3 is 0 Å². The third-order valence-corrected chi connectivity index (χ3v) is 3.62. The first kappa shape index (κ1) is 14.1. The fourth-order valence-electron chi connectivity index (χ4n) is 2.01. The van der Waals surface area contributed by atoms with E-state index >= 15 is 0 Å². The Balaban J connectivity index is 2.09. The standard InChI is InChI=1S/C16H18BrNO/c1-12(19)14-6-8-16(9-7-14)18(2)11-13-4-3-5-15(17)10-13/h3-10,12,19H,11H2,1-2H3/t12-/m0/s1. The summed E-state index contributed by atoms with van der Waals surface area (Å²) in [4.78, 5) is 2.19. The predicted molar refractivity (Wildman–Crippen MR) is 83.3 cm³/mol. The normalized spacial score (nSPS) is 12.2. The van der Waals surface area contributed by atoms with Crippen molar-refractivity contribution in [3.05, 3.63) is 64.1 Å². The molecule has 1 atom stereocenters. The van der Waals surface area contributed by atoms with E-state index in [-0.39, 0.29) is 0 Å². The Kier molecular flexibility index (Phi) is 4.61. The molecule has 0 aromatic heterocycles. The molecular formula is C16H18BrNO. The summed E-state index contributed by atoms with van der Waals surface area (Å²) in [6.07, 6.45) is -0.413. The van der Waals surface area contributed by atoms with Crippen LogP contribution in [0.25, 0.3) is 0 Å². The second-order valence-electron chi connectivity index (χ2n) is 4.75. The molecule has 19 heavy (non-hydrogen) atoms. The van der Waals surface area contributed by atoms with Crippen molar-refractivity contribution in [3.63, 3.8) is 0 Å². The lowest BCUT2D eigenvalue weighted by atomic mass is 10.1. The average molecular weight is 320 g/mol. The number of rotatable bonds is 4. The van der Waals surface area contributed by atoms with Crippen LogP contribution in [0, 0.1) is 0 Å². The SMILES string of the molecule is C[C@H](O)c1ccc(N(C)Cc2cccc(Br)c2)cc1. The Morgan fingerprint density at radius 3 is 2.42 bits per heavy atom. The molecule has 0 aliphatic carbocycles. The van der Waals surface area contributed by atoms with Crippen LogP contribution in [0.2, 0.25) is 0 Å². The minimum Gasteiger partial charge on any atom is -0.389 e. The van der Waals surface area contributed by atoms with Gasteiger partial charge in [0.25, 0.3) is 0 Å². The van der Waals surface area contributed by atoms with Gasteiger partial charge < -0.3 is 10.0 Å². The Morgan fingerprint density at radius 2 is 1.84 bits per heavy atom. The molecule has 0 spiro atoms. The molecule has 3 heteroatoms. The van der Waals surface area contributed by atoms with Crippen molar-refractivity contribution >= 4 is 21.6 Å². The molecule has 0 radical (unpaired) electrons. The summed E-state index contributed by atoms with van der Waals surface area (Å²) in [5.74, 6) is 0. The zero-order valence-electron chi connectivity index (χ0n) is 11.2. The molecule has 0 aliphatic rings. The molecule has 1 N–H and O–H groups in total. The van der Waals surface area contributed by atoms with Crippen LogP contribution in [0.5, 0.6) is 0 Å². The molecule has 0 aliphatic heterocycles. The first-order valence-electron chi connectivity index (χ1n) is 6.30. The highest BCUT2D eigenvalue weighted by molar-refractivity contribution is 9.10. The zero-order valence-corrected chi connectivity index (χ0v) is 12.8. The Bertz CT molecular complexity index is 537.